The SMILES string of the molecule is CF.c1cnnnc1. The molecule has 1 heterocycles. The molecule has 0 radical (unpaired) electrons. The summed E-state index contributed by atoms with van der Waals surface area (Å²) >= 11 is 0. The smallest absolute Gasteiger partial charge is 0.0785 e. The maximum absolute atomic E-state index is 9.50. The predicted molar refractivity (Wildman–Crippen MR) is 26.9 cm³/mol. The van der Waals surface area contributed by atoms with Crippen LogP contribution in [0, 0.1) is 0 Å². The Bertz CT molecular complexity index is 83.2. The zero-order valence-corrected chi connectivity index (χ0v) is 4.45. The van der Waals surface area contributed by atoms with Crippen LogP contribution in [0.15, 0.2) is 18.5 Å². The van der Waals surface area contributed by atoms with Crippen LogP contribution in [0.25, 0.3) is 0 Å². The van der Waals surface area contributed by atoms with Crippen LogP contribution < -0.4 is 0 Å². The van der Waals surface area contributed by atoms with Crippen molar-refractivity contribution in [3.63, 3.8) is 0 Å². The Morgan fingerprint density at radius 1 is 1.12 bits per heavy atom. The van der Waals surface area contributed by atoms with E-state index in [0.29, 0.717) is 7.18 Å². The molecule has 0 fully saturated rings. The highest BCUT2D eigenvalue weighted by Gasteiger charge is 1.60. The summed E-state index contributed by atoms with van der Waals surface area (Å²) < 4.78 is 9.50. The number of rotatable bonds is 0. The van der Waals surface area contributed by atoms with Gasteiger partial charge in [0.1, 0.15) is 0 Å². The van der Waals surface area contributed by atoms with E-state index in [2.05, 4.69) is 15.4 Å². The first-order valence-electron chi connectivity index (χ1n) is 1.96. The lowest BCUT2D eigenvalue weighted by Crippen LogP contribution is -1.78. The van der Waals surface area contributed by atoms with Gasteiger partial charge in [-0.2, -0.15) is 0 Å². The highest BCUT2D eigenvalue weighted by Crippen LogP contribution is 1.61. The second-order valence-electron chi connectivity index (χ2n) is 0.811. The Balaban J connectivity index is 0.000000222. The van der Waals surface area contributed by atoms with E-state index in [1.54, 1.807) is 18.5 Å². The minimum Gasteiger partial charge on any atom is -0.255 e. The van der Waals surface area contributed by atoms with E-state index < -0.39 is 0 Å². The van der Waals surface area contributed by atoms with Crippen LogP contribution in [0.5, 0.6) is 0 Å². The molecule has 0 aromatic carbocycles. The van der Waals surface area contributed by atoms with Crippen molar-refractivity contribution in [1.82, 2.24) is 15.4 Å². The summed E-state index contributed by atoms with van der Waals surface area (Å²) in [6, 6.07) is 1.72. The minimum absolute atomic E-state index is 0.500. The summed E-state index contributed by atoms with van der Waals surface area (Å²) in [4.78, 5) is 0. The Hall–Kier alpha value is -1.06. The number of nitrogens with zero attached hydrogens (tertiary/aromatic N) is 3. The minimum atomic E-state index is 0.500. The van der Waals surface area contributed by atoms with Crippen LogP contribution in [-0.2, 0) is 0 Å². The molecule has 0 aliphatic rings. The third-order valence-electron chi connectivity index (χ3n) is 0.409. The highest BCUT2D eigenvalue weighted by atomic mass is 19.1. The van der Waals surface area contributed by atoms with Crippen molar-refractivity contribution in [3.8, 4) is 0 Å². The van der Waals surface area contributed by atoms with Crippen molar-refractivity contribution >= 4 is 0 Å². The molecule has 0 unspecified atom stereocenters. The number of hydrogen-bond acceptors (Lipinski definition) is 3. The van der Waals surface area contributed by atoms with Crippen LogP contribution in [0.3, 0.4) is 0 Å². The van der Waals surface area contributed by atoms with E-state index in [1.165, 1.54) is 0 Å². The van der Waals surface area contributed by atoms with Gasteiger partial charge in [0.2, 0.25) is 0 Å². The van der Waals surface area contributed by atoms with Crippen LogP contribution in [-0.4, -0.2) is 22.6 Å². The van der Waals surface area contributed by atoms with Crippen LogP contribution in [0.1, 0.15) is 0 Å². The van der Waals surface area contributed by atoms with Gasteiger partial charge >= 0.3 is 0 Å². The van der Waals surface area contributed by atoms with Gasteiger partial charge in [0.05, 0.1) is 19.6 Å². The van der Waals surface area contributed by atoms with Crippen LogP contribution in [0.2, 0.25) is 0 Å². The van der Waals surface area contributed by atoms with Gasteiger partial charge in [-0.05, 0) is 11.3 Å². The molecule has 0 atom stereocenters. The second kappa shape index (κ2) is 5.94. The molecule has 0 aliphatic heterocycles. The van der Waals surface area contributed by atoms with Crippen molar-refractivity contribution in [1.29, 1.82) is 0 Å². The van der Waals surface area contributed by atoms with Crippen molar-refractivity contribution < 1.29 is 4.39 Å². The molecular weight excluding hydrogens is 109 g/mol. The number of hydrogen-bond donors (Lipinski definition) is 0. The summed E-state index contributed by atoms with van der Waals surface area (Å²) in [6.45, 7) is 0. The van der Waals surface area contributed by atoms with Gasteiger partial charge in [-0.25, -0.2) is 0 Å². The van der Waals surface area contributed by atoms with E-state index in [1.807, 2.05) is 0 Å². The molecule has 1 aromatic heterocycles. The molecule has 0 spiro atoms. The van der Waals surface area contributed by atoms with Gasteiger partial charge in [0.15, 0.2) is 0 Å². The maximum Gasteiger partial charge on any atom is 0.0785 e. The number of aromatic nitrogens is 3. The molecule has 0 bridgehead atoms. The van der Waals surface area contributed by atoms with E-state index in [4.69, 9.17) is 0 Å². The number of alkyl halides is 1. The second-order valence-corrected chi connectivity index (χ2v) is 0.811. The Kier molecular flexibility index (Phi) is 5.15. The first-order valence-corrected chi connectivity index (χ1v) is 1.96. The normalized spacial score (nSPS) is 6.75. The van der Waals surface area contributed by atoms with Gasteiger partial charge < -0.3 is 0 Å². The van der Waals surface area contributed by atoms with Gasteiger partial charge in [0, 0.05) is 0 Å². The molecular formula is C4H6FN3. The Labute approximate surface area is 46.6 Å². The average Bonchev–Trinajstić information content (AvgIpc) is 1.96. The summed E-state index contributed by atoms with van der Waals surface area (Å²) in [5, 5.41) is 10.1. The molecule has 1 aromatic rings. The molecule has 1 rings (SSSR count). The number of halogens is 1. The fourth-order valence-electron chi connectivity index (χ4n) is 0.205. The predicted octanol–water partition coefficient (Wildman–Crippen LogP) is 0.457. The topological polar surface area (TPSA) is 38.7 Å². The Morgan fingerprint density at radius 2 is 1.62 bits per heavy atom. The van der Waals surface area contributed by atoms with E-state index in [0.717, 1.165) is 0 Å². The quantitative estimate of drug-likeness (QED) is 0.493. The Morgan fingerprint density at radius 3 is 1.75 bits per heavy atom. The fourth-order valence-corrected chi connectivity index (χ4v) is 0.205. The van der Waals surface area contributed by atoms with Gasteiger partial charge in [0.25, 0.3) is 0 Å². The molecule has 0 aliphatic carbocycles. The summed E-state index contributed by atoms with van der Waals surface area (Å²) in [5.74, 6) is 0. The van der Waals surface area contributed by atoms with E-state index >= 15 is 0 Å². The van der Waals surface area contributed by atoms with Gasteiger partial charge in [-0.15, -0.1) is 10.2 Å². The summed E-state index contributed by atoms with van der Waals surface area (Å²) in [6.07, 6.45) is 3.15. The fraction of sp³-hybridized carbons (Fsp3) is 0.250. The standard InChI is InChI=1S/C3H3N3.CH3F/c1-2-4-6-5-3-1;1-2/h1-3H;1H3. The molecule has 0 amide bonds. The summed E-state index contributed by atoms with van der Waals surface area (Å²) in [7, 11) is 0.500. The summed E-state index contributed by atoms with van der Waals surface area (Å²) in [5.41, 5.74) is 0. The average molecular weight is 115 g/mol. The van der Waals surface area contributed by atoms with Crippen LogP contribution >= 0.6 is 0 Å². The monoisotopic (exact) mass is 115 g/mol. The van der Waals surface area contributed by atoms with E-state index in [-0.39, 0.29) is 0 Å². The van der Waals surface area contributed by atoms with Gasteiger partial charge in [-0.3, -0.25) is 4.39 Å². The van der Waals surface area contributed by atoms with Crippen LogP contribution in [0.4, 0.5) is 4.39 Å². The van der Waals surface area contributed by atoms with Crippen molar-refractivity contribution in [3.05, 3.63) is 18.5 Å². The molecule has 44 valence electrons. The zero-order chi connectivity index (χ0) is 6.24. The molecule has 0 saturated heterocycles. The largest absolute Gasteiger partial charge is 0.255 e. The van der Waals surface area contributed by atoms with Crippen molar-refractivity contribution in [2.24, 2.45) is 0 Å². The third kappa shape index (κ3) is 3.14. The lowest BCUT2D eigenvalue weighted by molar-refractivity contribution is 0.636. The first-order chi connectivity index (χ1) is 4.00. The zero-order valence-electron chi connectivity index (χ0n) is 4.45. The molecule has 8 heavy (non-hydrogen) atoms. The maximum atomic E-state index is 9.50. The lowest BCUT2D eigenvalue weighted by Gasteiger charge is -1.68. The molecule has 3 nitrogen and oxygen atoms in total. The molecule has 4 heteroatoms. The first kappa shape index (κ1) is 6.94. The van der Waals surface area contributed by atoms with Gasteiger partial charge in [-0.1, -0.05) is 0 Å². The highest BCUT2D eigenvalue weighted by molar-refractivity contribution is 4.69. The molecule has 0 N–H and O–H groups in total. The van der Waals surface area contributed by atoms with Crippen molar-refractivity contribution in [2.45, 2.75) is 0 Å². The van der Waals surface area contributed by atoms with E-state index in [9.17, 15) is 4.39 Å². The third-order valence-corrected chi connectivity index (χ3v) is 0.409. The lowest BCUT2D eigenvalue weighted by atomic mass is 10.7. The molecule has 0 saturated carbocycles. The van der Waals surface area contributed by atoms with Crippen molar-refractivity contribution in [2.75, 3.05) is 7.18 Å².